The zero-order valence-electron chi connectivity index (χ0n) is 10.7. The number of amides is 1. The fraction of sp³-hybridized carbons (Fsp3) is 0.286. The second-order valence-corrected chi connectivity index (χ2v) is 4.47. The lowest BCUT2D eigenvalue weighted by atomic mass is 10.1. The molecule has 1 aromatic carbocycles. The van der Waals surface area contributed by atoms with E-state index in [-0.39, 0.29) is 6.42 Å². The topological polar surface area (TPSA) is 82.2 Å². The van der Waals surface area contributed by atoms with Crippen molar-refractivity contribution in [1.82, 2.24) is 10.3 Å². The number of alkyl halides is 1. The van der Waals surface area contributed by atoms with Crippen LogP contribution in [0.4, 0.5) is 4.39 Å². The number of hydrogen-bond donors (Lipinski definition) is 3. The Morgan fingerprint density at radius 3 is 2.80 bits per heavy atom. The number of para-hydroxylation sites is 1. The molecule has 2 rings (SSSR count). The predicted octanol–water partition coefficient (Wildman–Crippen LogP) is 1.64. The molecule has 0 aliphatic carbocycles. The minimum absolute atomic E-state index is 0.117. The van der Waals surface area contributed by atoms with E-state index in [0.717, 1.165) is 16.5 Å². The fourth-order valence-corrected chi connectivity index (χ4v) is 2.02. The summed E-state index contributed by atoms with van der Waals surface area (Å²) < 4.78 is 12.4. The summed E-state index contributed by atoms with van der Waals surface area (Å²) in [5, 5.41) is 11.8. The Balaban J connectivity index is 1.95. The van der Waals surface area contributed by atoms with Gasteiger partial charge >= 0.3 is 5.97 Å². The predicted molar refractivity (Wildman–Crippen MR) is 72.2 cm³/mol. The SMILES string of the molecule is O=C(CCc1c[nH]c2ccccc12)NC(CF)C(=O)O. The van der Waals surface area contributed by atoms with Gasteiger partial charge in [0.05, 0.1) is 0 Å². The Morgan fingerprint density at radius 2 is 2.10 bits per heavy atom. The van der Waals surface area contributed by atoms with Crippen molar-refractivity contribution >= 4 is 22.8 Å². The summed E-state index contributed by atoms with van der Waals surface area (Å²) in [6, 6.07) is 6.23. The average Bonchev–Trinajstić information content (AvgIpc) is 2.85. The summed E-state index contributed by atoms with van der Waals surface area (Å²) in [7, 11) is 0. The molecule has 0 radical (unpaired) electrons. The van der Waals surface area contributed by atoms with E-state index in [1.165, 1.54) is 0 Å². The second kappa shape index (κ2) is 6.18. The van der Waals surface area contributed by atoms with Crippen LogP contribution in [0.2, 0.25) is 0 Å². The van der Waals surface area contributed by atoms with Crippen LogP contribution in [0.5, 0.6) is 0 Å². The van der Waals surface area contributed by atoms with E-state index >= 15 is 0 Å². The number of carbonyl (C=O) groups excluding carboxylic acids is 1. The lowest BCUT2D eigenvalue weighted by Gasteiger charge is -2.10. The highest BCUT2D eigenvalue weighted by Crippen LogP contribution is 2.18. The third-order valence-electron chi connectivity index (χ3n) is 3.08. The van der Waals surface area contributed by atoms with E-state index in [1.54, 1.807) is 0 Å². The van der Waals surface area contributed by atoms with Crippen molar-refractivity contribution in [1.29, 1.82) is 0 Å². The summed E-state index contributed by atoms with van der Waals surface area (Å²) >= 11 is 0. The van der Waals surface area contributed by atoms with E-state index in [1.807, 2.05) is 30.5 Å². The largest absolute Gasteiger partial charge is 0.480 e. The molecule has 1 heterocycles. The third kappa shape index (κ3) is 3.14. The smallest absolute Gasteiger partial charge is 0.328 e. The molecule has 3 N–H and O–H groups in total. The number of hydrogen-bond acceptors (Lipinski definition) is 2. The molecule has 106 valence electrons. The quantitative estimate of drug-likeness (QED) is 0.751. The van der Waals surface area contributed by atoms with Crippen molar-refractivity contribution in [3.63, 3.8) is 0 Å². The number of fused-ring (bicyclic) bond motifs is 1. The highest BCUT2D eigenvalue weighted by molar-refractivity contribution is 5.86. The first-order valence-electron chi connectivity index (χ1n) is 6.25. The minimum Gasteiger partial charge on any atom is -0.480 e. The van der Waals surface area contributed by atoms with Gasteiger partial charge in [-0.1, -0.05) is 18.2 Å². The first-order valence-corrected chi connectivity index (χ1v) is 6.25. The zero-order valence-corrected chi connectivity index (χ0v) is 10.7. The molecule has 0 aliphatic heterocycles. The number of nitrogens with one attached hydrogen (secondary N) is 2. The molecule has 1 atom stereocenters. The molecule has 0 saturated carbocycles. The average molecular weight is 278 g/mol. The number of aryl methyl sites for hydroxylation is 1. The number of carbonyl (C=O) groups is 2. The van der Waals surface area contributed by atoms with Gasteiger partial charge in [0.15, 0.2) is 6.04 Å². The maximum absolute atomic E-state index is 12.4. The van der Waals surface area contributed by atoms with Crippen molar-refractivity contribution in [2.75, 3.05) is 6.67 Å². The molecular formula is C14H15FN2O3. The summed E-state index contributed by atoms with van der Waals surface area (Å²) in [6.07, 6.45) is 2.40. The molecule has 6 heteroatoms. The molecule has 5 nitrogen and oxygen atoms in total. The van der Waals surface area contributed by atoms with E-state index in [0.29, 0.717) is 6.42 Å². The first kappa shape index (κ1) is 14.0. The number of carboxylic acid groups (broad SMARTS) is 1. The molecule has 2 aromatic rings. The van der Waals surface area contributed by atoms with E-state index < -0.39 is 24.6 Å². The van der Waals surface area contributed by atoms with Crippen LogP contribution in [0.1, 0.15) is 12.0 Å². The van der Waals surface area contributed by atoms with E-state index in [2.05, 4.69) is 10.3 Å². The van der Waals surface area contributed by atoms with Crippen LogP contribution in [0.3, 0.4) is 0 Å². The molecule has 0 saturated heterocycles. The molecule has 1 aromatic heterocycles. The van der Waals surface area contributed by atoms with Gasteiger partial charge in [-0.25, -0.2) is 9.18 Å². The maximum Gasteiger partial charge on any atom is 0.328 e. The number of aromatic nitrogens is 1. The van der Waals surface area contributed by atoms with Crippen molar-refractivity contribution in [2.24, 2.45) is 0 Å². The Bertz CT molecular complexity index is 624. The Kier molecular flexibility index (Phi) is 4.34. The van der Waals surface area contributed by atoms with Crippen LogP contribution in [0.15, 0.2) is 30.5 Å². The van der Waals surface area contributed by atoms with Gasteiger partial charge in [0, 0.05) is 23.5 Å². The van der Waals surface area contributed by atoms with Crippen molar-refractivity contribution in [3.8, 4) is 0 Å². The zero-order chi connectivity index (χ0) is 14.5. The van der Waals surface area contributed by atoms with Crippen LogP contribution in [0.25, 0.3) is 10.9 Å². The fourth-order valence-electron chi connectivity index (χ4n) is 2.02. The maximum atomic E-state index is 12.4. The number of rotatable bonds is 6. The van der Waals surface area contributed by atoms with Crippen molar-refractivity contribution in [3.05, 3.63) is 36.0 Å². The summed E-state index contributed by atoms with van der Waals surface area (Å²) in [6.45, 7) is -1.12. The van der Waals surface area contributed by atoms with Gasteiger partial charge in [-0.3, -0.25) is 4.79 Å². The van der Waals surface area contributed by atoms with Gasteiger partial charge in [-0.05, 0) is 18.1 Å². The molecule has 0 bridgehead atoms. The lowest BCUT2D eigenvalue weighted by Crippen LogP contribution is -2.42. The van der Waals surface area contributed by atoms with Crippen molar-refractivity contribution < 1.29 is 19.1 Å². The summed E-state index contributed by atoms with van der Waals surface area (Å²) in [5.74, 6) is -1.84. The number of H-pyrrole nitrogens is 1. The molecule has 0 fully saturated rings. The summed E-state index contributed by atoms with van der Waals surface area (Å²) in [5.41, 5.74) is 1.96. The van der Waals surface area contributed by atoms with Crippen LogP contribution >= 0.6 is 0 Å². The number of aliphatic carboxylic acids is 1. The van der Waals surface area contributed by atoms with Gasteiger partial charge in [-0.15, -0.1) is 0 Å². The number of benzene rings is 1. The van der Waals surface area contributed by atoms with E-state index in [9.17, 15) is 14.0 Å². The monoisotopic (exact) mass is 278 g/mol. The van der Waals surface area contributed by atoms with Crippen LogP contribution in [-0.2, 0) is 16.0 Å². The number of halogens is 1. The van der Waals surface area contributed by atoms with Gasteiger partial charge in [-0.2, -0.15) is 0 Å². The summed E-state index contributed by atoms with van der Waals surface area (Å²) in [4.78, 5) is 25.3. The van der Waals surface area contributed by atoms with Crippen LogP contribution in [0, 0.1) is 0 Å². The normalized spacial score (nSPS) is 12.2. The molecular weight excluding hydrogens is 263 g/mol. The van der Waals surface area contributed by atoms with Gasteiger partial charge in [0.2, 0.25) is 5.91 Å². The van der Waals surface area contributed by atoms with Gasteiger partial charge < -0.3 is 15.4 Å². The molecule has 20 heavy (non-hydrogen) atoms. The Morgan fingerprint density at radius 1 is 1.35 bits per heavy atom. The minimum atomic E-state index is -1.47. The molecule has 1 unspecified atom stereocenters. The number of aromatic amines is 1. The van der Waals surface area contributed by atoms with Gasteiger partial charge in [0.25, 0.3) is 0 Å². The third-order valence-corrected chi connectivity index (χ3v) is 3.08. The second-order valence-electron chi connectivity index (χ2n) is 4.47. The number of carboxylic acids is 1. The van der Waals surface area contributed by atoms with Crippen LogP contribution in [-0.4, -0.2) is 34.7 Å². The van der Waals surface area contributed by atoms with E-state index in [4.69, 9.17) is 5.11 Å². The molecule has 0 spiro atoms. The highest BCUT2D eigenvalue weighted by Gasteiger charge is 2.19. The van der Waals surface area contributed by atoms with Gasteiger partial charge in [0.1, 0.15) is 6.67 Å². The first-order chi connectivity index (χ1) is 9.61. The molecule has 0 aliphatic rings. The molecule has 1 amide bonds. The Labute approximate surface area is 114 Å². The van der Waals surface area contributed by atoms with Crippen LogP contribution < -0.4 is 5.32 Å². The standard InChI is InChI=1S/C14H15FN2O3/c15-7-12(14(19)20)17-13(18)6-5-9-8-16-11-4-2-1-3-10(9)11/h1-4,8,12,16H,5-7H2,(H,17,18)(H,19,20). The highest BCUT2D eigenvalue weighted by atomic mass is 19.1. The lowest BCUT2D eigenvalue weighted by molar-refractivity contribution is -0.142. The Hall–Kier alpha value is -2.37. The van der Waals surface area contributed by atoms with Crippen molar-refractivity contribution in [2.45, 2.75) is 18.9 Å².